The van der Waals surface area contributed by atoms with Gasteiger partial charge in [0.25, 0.3) is 0 Å². The van der Waals surface area contributed by atoms with Crippen LogP contribution in [0.4, 0.5) is 0 Å². The van der Waals surface area contributed by atoms with Crippen LogP contribution in [0.2, 0.25) is 0 Å². The van der Waals surface area contributed by atoms with Crippen LogP contribution in [0, 0.1) is 20.8 Å². The summed E-state index contributed by atoms with van der Waals surface area (Å²) >= 11 is 1.89. The zero-order valence-electron chi connectivity index (χ0n) is 9.22. The quantitative estimate of drug-likeness (QED) is 0.631. The highest BCUT2D eigenvalue weighted by atomic mass is 32.1. The molecule has 2 heteroatoms. The van der Waals surface area contributed by atoms with Crippen LogP contribution < -0.4 is 4.57 Å². The van der Waals surface area contributed by atoms with E-state index >= 15 is 0 Å². The average molecular weight is 206 g/mol. The second-order valence-electron chi connectivity index (χ2n) is 3.77. The second-order valence-corrected chi connectivity index (χ2v) is 5.00. The highest BCUT2D eigenvalue weighted by molar-refractivity contribution is 7.18. The van der Waals surface area contributed by atoms with Crippen LogP contribution in [0.15, 0.2) is 12.1 Å². The molecule has 0 aliphatic heterocycles. The largest absolute Gasteiger partial charge is 0.235 e. The van der Waals surface area contributed by atoms with Gasteiger partial charge in [-0.1, -0.05) is 11.3 Å². The molecular weight excluding hydrogens is 190 g/mol. The van der Waals surface area contributed by atoms with Gasteiger partial charge in [-0.2, -0.15) is 4.57 Å². The van der Waals surface area contributed by atoms with E-state index in [-0.39, 0.29) is 0 Å². The summed E-state index contributed by atoms with van der Waals surface area (Å²) in [5, 5.41) is 1.40. The molecule has 0 radical (unpaired) electrons. The standard InChI is InChI=1S/C12H16NS/c1-5-13-10(4)14-12-7-9(3)8(2)6-11(12)13/h6-7H,5H2,1-4H3/q+1. The molecule has 1 aromatic carbocycles. The van der Waals surface area contributed by atoms with Gasteiger partial charge in [0.2, 0.25) is 10.5 Å². The molecule has 14 heavy (non-hydrogen) atoms. The number of rotatable bonds is 1. The monoisotopic (exact) mass is 206 g/mol. The molecule has 0 N–H and O–H groups in total. The van der Waals surface area contributed by atoms with Crippen molar-refractivity contribution in [3.63, 3.8) is 0 Å². The molecule has 0 unspecified atom stereocenters. The molecule has 74 valence electrons. The molecule has 0 amide bonds. The third-order valence-corrected chi connectivity index (χ3v) is 3.88. The SMILES string of the molecule is CC[n+]1c(C)sc2cc(C)c(C)cc21. The van der Waals surface area contributed by atoms with Gasteiger partial charge in [-0.25, -0.2) is 0 Å². The fraction of sp³-hybridized carbons (Fsp3) is 0.417. The Kier molecular flexibility index (Phi) is 2.31. The topological polar surface area (TPSA) is 3.88 Å². The van der Waals surface area contributed by atoms with Crippen LogP contribution in [-0.2, 0) is 6.54 Å². The Hall–Kier alpha value is -0.890. The summed E-state index contributed by atoms with van der Waals surface area (Å²) in [5.41, 5.74) is 4.16. The number of fused-ring (bicyclic) bond motifs is 1. The summed E-state index contributed by atoms with van der Waals surface area (Å²) in [6.45, 7) is 9.82. The van der Waals surface area contributed by atoms with Crippen LogP contribution >= 0.6 is 11.3 Å². The summed E-state index contributed by atoms with van der Waals surface area (Å²) < 4.78 is 3.79. The predicted molar refractivity (Wildman–Crippen MR) is 61.9 cm³/mol. The van der Waals surface area contributed by atoms with Crippen molar-refractivity contribution < 1.29 is 4.57 Å². The first-order chi connectivity index (χ1) is 6.63. The number of aromatic nitrogens is 1. The number of aryl methyl sites for hydroxylation is 4. The fourth-order valence-electron chi connectivity index (χ4n) is 1.84. The van der Waals surface area contributed by atoms with Crippen LogP contribution in [-0.4, -0.2) is 0 Å². The first kappa shape index (κ1) is 9.66. The Morgan fingerprint density at radius 2 is 1.79 bits per heavy atom. The van der Waals surface area contributed by atoms with E-state index in [2.05, 4.69) is 44.4 Å². The van der Waals surface area contributed by atoms with Gasteiger partial charge in [-0.15, -0.1) is 0 Å². The molecule has 1 heterocycles. The number of hydrogen-bond donors (Lipinski definition) is 0. The molecule has 0 fully saturated rings. The molecule has 0 aliphatic carbocycles. The van der Waals surface area contributed by atoms with E-state index in [4.69, 9.17) is 0 Å². The number of thiazole rings is 1. The van der Waals surface area contributed by atoms with Gasteiger partial charge in [-0.3, -0.25) is 0 Å². The van der Waals surface area contributed by atoms with E-state index in [9.17, 15) is 0 Å². The van der Waals surface area contributed by atoms with Crippen molar-refractivity contribution >= 4 is 21.6 Å². The maximum absolute atomic E-state index is 2.38. The first-order valence-corrected chi connectivity index (χ1v) is 5.85. The van der Waals surface area contributed by atoms with Crippen molar-refractivity contribution in [1.82, 2.24) is 0 Å². The number of benzene rings is 1. The summed E-state index contributed by atoms with van der Waals surface area (Å²) in [4.78, 5) is 0. The fourth-order valence-corrected chi connectivity index (χ4v) is 3.01. The van der Waals surface area contributed by atoms with Gasteiger partial charge in [0, 0.05) is 13.0 Å². The summed E-state index contributed by atoms with van der Waals surface area (Å²) in [7, 11) is 0. The lowest BCUT2D eigenvalue weighted by Gasteiger charge is -1.97. The molecule has 1 aromatic heterocycles. The first-order valence-electron chi connectivity index (χ1n) is 5.03. The van der Waals surface area contributed by atoms with Crippen molar-refractivity contribution in [1.29, 1.82) is 0 Å². The van der Waals surface area contributed by atoms with E-state index in [0.29, 0.717) is 0 Å². The molecule has 2 aromatic rings. The second kappa shape index (κ2) is 3.35. The molecule has 0 saturated heterocycles. The van der Waals surface area contributed by atoms with E-state index in [0.717, 1.165) is 6.54 Å². The molecular formula is C12H16NS+. The van der Waals surface area contributed by atoms with Gasteiger partial charge < -0.3 is 0 Å². The van der Waals surface area contributed by atoms with Gasteiger partial charge >= 0.3 is 0 Å². The van der Waals surface area contributed by atoms with Crippen molar-refractivity contribution in [2.24, 2.45) is 0 Å². The smallest absolute Gasteiger partial charge is 0.186 e. The van der Waals surface area contributed by atoms with Gasteiger partial charge in [0.1, 0.15) is 11.2 Å². The van der Waals surface area contributed by atoms with Gasteiger partial charge in [-0.05, 0) is 38.0 Å². The van der Waals surface area contributed by atoms with Gasteiger partial charge in [0.05, 0.1) is 0 Å². The lowest BCUT2D eigenvalue weighted by molar-refractivity contribution is -0.669. The summed E-state index contributed by atoms with van der Waals surface area (Å²) in [6, 6.07) is 4.60. The Labute approximate surface area is 89.0 Å². The van der Waals surface area contributed by atoms with Crippen LogP contribution in [0.1, 0.15) is 23.1 Å². The Bertz CT molecular complexity index is 483. The highest BCUT2D eigenvalue weighted by Gasteiger charge is 2.15. The van der Waals surface area contributed by atoms with E-state index < -0.39 is 0 Å². The molecule has 0 atom stereocenters. The van der Waals surface area contributed by atoms with Crippen molar-refractivity contribution in [2.75, 3.05) is 0 Å². The van der Waals surface area contributed by atoms with Crippen LogP contribution in [0.25, 0.3) is 10.2 Å². The molecule has 0 aliphatic rings. The zero-order valence-corrected chi connectivity index (χ0v) is 10.0. The van der Waals surface area contributed by atoms with Crippen LogP contribution in [0.5, 0.6) is 0 Å². The molecule has 2 rings (SSSR count). The number of hydrogen-bond acceptors (Lipinski definition) is 1. The molecule has 1 nitrogen and oxygen atoms in total. The summed E-state index contributed by atoms with van der Waals surface area (Å²) in [5.74, 6) is 0. The van der Waals surface area contributed by atoms with E-state index in [1.54, 1.807) is 0 Å². The molecule has 0 bridgehead atoms. The van der Waals surface area contributed by atoms with E-state index in [1.165, 1.54) is 26.4 Å². The maximum Gasteiger partial charge on any atom is 0.235 e. The molecule has 0 saturated carbocycles. The predicted octanol–water partition coefficient (Wildman–Crippen LogP) is 3.13. The van der Waals surface area contributed by atoms with Crippen molar-refractivity contribution in [2.45, 2.75) is 34.2 Å². The third kappa shape index (κ3) is 1.34. The van der Waals surface area contributed by atoms with E-state index in [1.807, 2.05) is 11.3 Å². The average Bonchev–Trinajstić information content (AvgIpc) is 2.42. The molecule has 0 spiro atoms. The van der Waals surface area contributed by atoms with Gasteiger partial charge in [0.15, 0.2) is 0 Å². The minimum absolute atomic E-state index is 1.06. The normalized spacial score (nSPS) is 11.1. The Morgan fingerprint density at radius 3 is 2.43 bits per heavy atom. The Balaban J connectivity index is 2.82. The Morgan fingerprint density at radius 1 is 1.14 bits per heavy atom. The maximum atomic E-state index is 2.38. The minimum Gasteiger partial charge on any atom is -0.186 e. The highest BCUT2D eigenvalue weighted by Crippen LogP contribution is 2.23. The van der Waals surface area contributed by atoms with Crippen molar-refractivity contribution in [3.8, 4) is 0 Å². The number of nitrogens with zero attached hydrogens (tertiary/aromatic N) is 1. The minimum atomic E-state index is 1.06. The third-order valence-electron chi connectivity index (χ3n) is 2.82. The van der Waals surface area contributed by atoms with Crippen LogP contribution in [0.3, 0.4) is 0 Å². The zero-order chi connectivity index (χ0) is 10.3. The summed E-state index contributed by atoms with van der Waals surface area (Å²) in [6.07, 6.45) is 0. The van der Waals surface area contributed by atoms with Crippen molar-refractivity contribution in [3.05, 3.63) is 28.3 Å². The lowest BCUT2D eigenvalue weighted by atomic mass is 10.1. The lowest BCUT2D eigenvalue weighted by Crippen LogP contribution is -2.33.